The van der Waals surface area contributed by atoms with Crippen LogP contribution in [-0.4, -0.2) is 70.0 Å². The van der Waals surface area contributed by atoms with Gasteiger partial charge < -0.3 is 32.1 Å². The number of carbonyl (C=O) groups excluding carboxylic acids is 2. The molecule has 26 heavy (non-hydrogen) atoms. The molecule has 0 saturated carbocycles. The molecule has 0 aliphatic carbocycles. The summed E-state index contributed by atoms with van der Waals surface area (Å²) in [6.07, 6.45) is 0.619. The summed E-state index contributed by atoms with van der Waals surface area (Å²) in [5.41, 5.74) is 11.2. The largest absolute Gasteiger partial charge is 0.480 e. The highest BCUT2D eigenvalue weighted by atomic mass is 32.2. The lowest BCUT2D eigenvalue weighted by atomic mass is 10.0. The number of nitrogens with two attached hydrogens (primary N) is 2. The summed E-state index contributed by atoms with van der Waals surface area (Å²) in [4.78, 5) is 36.2. The van der Waals surface area contributed by atoms with E-state index in [0.29, 0.717) is 18.8 Å². The number of hydrogen-bond donors (Lipinski definition) is 6. The Bertz CT molecular complexity index is 528. The van der Waals surface area contributed by atoms with Crippen LogP contribution >= 0.6 is 11.8 Å². The van der Waals surface area contributed by atoms with Gasteiger partial charge >= 0.3 is 5.97 Å². The van der Waals surface area contributed by atoms with Crippen molar-refractivity contribution in [2.24, 2.45) is 11.5 Å². The highest BCUT2D eigenvalue weighted by Crippen LogP contribution is 2.27. The van der Waals surface area contributed by atoms with Crippen LogP contribution in [0.4, 0.5) is 0 Å². The van der Waals surface area contributed by atoms with E-state index in [1.54, 1.807) is 13.8 Å². The first-order chi connectivity index (χ1) is 11.9. The Morgan fingerprint density at radius 3 is 2.35 bits per heavy atom. The minimum absolute atomic E-state index is 0.185. The predicted octanol–water partition coefficient (Wildman–Crippen LogP) is -0.906. The highest BCUT2D eigenvalue weighted by Gasteiger charge is 2.37. The second kappa shape index (κ2) is 10.9. The van der Waals surface area contributed by atoms with Crippen molar-refractivity contribution in [3.63, 3.8) is 0 Å². The second-order valence-corrected chi connectivity index (χ2v) is 8.02. The SMILES string of the molecule is CC(=O)NCSC(C)(C)[C@H](N)C(=O)N(C)[C@@H](CCCNC(=N)N)C(=O)O. The molecule has 11 heteroatoms. The fourth-order valence-corrected chi connectivity index (χ4v) is 3.01. The molecule has 2 atom stereocenters. The van der Waals surface area contributed by atoms with E-state index in [9.17, 15) is 19.5 Å². The van der Waals surface area contributed by atoms with Crippen molar-refractivity contribution < 1.29 is 19.5 Å². The summed E-state index contributed by atoms with van der Waals surface area (Å²) in [5.74, 6) is -1.69. The minimum atomic E-state index is -1.13. The van der Waals surface area contributed by atoms with Crippen LogP contribution in [0.1, 0.15) is 33.6 Å². The fourth-order valence-electron chi connectivity index (χ4n) is 2.09. The van der Waals surface area contributed by atoms with Gasteiger partial charge in [0.2, 0.25) is 11.8 Å². The van der Waals surface area contributed by atoms with Gasteiger partial charge in [0.1, 0.15) is 6.04 Å². The number of carboxylic acid groups (broad SMARTS) is 1. The van der Waals surface area contributed by atoms with Crippen LogP contribution in [0.25, 0.3) is 0 Å². The Morgan fingerprint density at radius 2 is 1.88 bits per heavy atom. The molecule has 0 heterocycles. The summed E-state index contributed by atoms with van der Waals surface area (Å²) in [7, 11) is 1.41. The van der Waals surface area contributed by atoms with Crippen molar-refractivity contribution in [3.8, 4) is 0 Å². The molecule has 0 saturated heterocycles. The van der Waals surface area contributed by atoms with E-state index in [1.165, 1.54) is 25.7 Å². The maximum atomic E-state index is 12.6. The molecule has 0 rings (SSSR count). The van der Waals surface area contributed by atoms with Gasteiger partial charge in [0, 0.05) is 25.3 Å². The number of carboxylic acids is 1. The summed E-state index contributed by atoms with van der Waals surface area (Å²) >= 11 is 1.31. The third-order valence-corrected chi connectivity index (χ3v) is 5.14. The van der Waals surface area contributed by atoms with E-state index in [-0.39, 0.29) is 18.3 Å². The van der Waals surface area contributed by atoms with Gasteiger partial charge in [-0.1, -0.05) is 0 Å². The normalized spacial score (nSPS) is 13.4. The van der Waals surface area contributed by atoms with E-state index in [0.717, 1.165) is 4.90 Å². The average molecular weight is 391 g/mol. The molecule has 0 unspecified atom stereocenters. The number of rotatable bonds is 11. The molecular formula is C15H30N6O4S. The Balaban J connectivity index is 4.84. The van der Waals surface area contributed by atoms with Gasteiger partial charge in [-0.05, 0) is 26.7 Å². The standard InChI is InChI=1S/C15H30N6O4S/c1-9(22)20-8-26-15(2,3)11(16)12(23)21(4)10(13(24)25)6-5-7-19-14(17)18/h10-11H,5-8,16H2,1-4H3,(H,20,22)(H,24,25)(H4,17,18,19)/t10-,11+/m0/s1. The zero-order valence-corrected chi connectivity index (χ0v) is 16.5. The van der Waals surface area contributed by atoms with Gasteiger partial charge in [-0.15, -0.1) is 11.8 Å². The summed E-state index contributed by atoms with van der Waals surface area (Å²) < 4.78 is -0.701. The summed E-state index contributed by atoms with van der Waals surface area (Å²) in [5, 5.41) is 21.7. The van der Waals surface area contributed by atoms with Gasteiger partial charge in [-0.3, -0.25) is 15.0 Å². The molecule has 10 nitrogen and oxygen atoms in total. The maximum Gasteiger partial charge on any atom is 0.326 e. The monoisotopic (exact) mass is 390 g/mol. The zero-order chi connectivity index (χ0) is 20.5. The van der Waals surface area contributed by atoms with Crippen LogP contribution in [0, 0.1) is 5.41 Å². The number of carbonyl (C=O) groups is 3. The van der Waals surface area contributed by atoms with E-state index in [1.807, 2.05) is 0 Å². The number of nitrogens with one attached hydrogen (secondary N) is 3. The Labute approximate surface area is 157 Å². The molecule has 0 fully saturated rings. The summed E-state index contributed by atoms with van der Waals surface area (Å²) in [6, 6.07) is -1.97. The smallest absolute Gasteiger partial charge is 0.326 e. The minimum Gasteiger partial charge on any atom is -0.480 e. The van der Waals surface area contributed by atoms with Crippen molar-refractivity contribution in [3.05, 3.63) is 0 Å². The third kappa shape index (κ3) is 8.39. The van der Waals surface area contributed by atoms with Crippen molar-refractivity contribution in [1.82, 2.24) is 15.5 Å². The van der Waals surface area contributed by atoms with Gasteiger partial charge in [-0.2, -0.15) is 0 Å². The van der Waals surface area contributed by atoms with E-state index >= 15 is 0 Å². The maximum absolute atomic E-state index is 12.6. The number of thioether (sulfide) groups is 1. The lowest BCUT2D eigenvalue weighted by Crippen LogP contribution is -2.56. The molecule has 0 aromatic rings. The molecule has 8 N–H and O–H groups in total. The van der Waals surface area contributed by atoms with Crippen LogP contribution < -0.4 is 22.1 Å². The van der Waals surface area contributed by atoms with Crippen LogP contribution in [0.5, 0.6) is 0 Å². The van der Waals surface area contributed by atoms with Crippen LogP contribution in [0.3, 0.4) is 0 Å². The van der Waals surface area contributed by atoms with E-state index in [4.69, 9.17) is 16.9 Å². The first-order valence-corrected chi connectivity index (χ1v) is 9.10. The molecule has 0 aliphatic heterocycles. The van der Waals surface area contributed by atoms with Crippen molar-refractivity contribution in [2.75, 3.05) is 19.5 Å². The third-order valence-electron chi connectivity index (χ3n) is 3.85. The first kappa shape index (κ1) is 24.0. The lowest BCUT2D eigenvalue weighted by molar-refractivity contribution is -0.150. The van der Waals surface area contributed by atoms with Gasteiger partial charge in [0.25, 0.3) is 0 Å². The summed E-state index contributed by atoms with van der Waals surface area (Å²) in [6.45, 7) is 5.26. The molecule has 0 bridgehead atoms. The van der Waals surface area contributed by atoms with Crippen LogP contribution in [0.15, 0.2) is 0 Å². The van der Waals surface area contributed by atoms with Crippen molar-refractivity contribution >= 4 is 35.5 Å². The molecular weight excluding hydrogens is 360 g/mol. The number of likely N-dealkylation sites (N-methyl/N-ethyl adjacent to an activating group) is 1. The second-order valence-electron chi connectivity index (χ2n) is 6.39. The first-order valence-electron chi connectivity index (χ1n) is 8.11. The van der Waals surface area contributed by atoms with Crippen molar-refractivity contribution in [2.45, 2.75) is 50.4 Å². The molecule has 0 aromatic carbocycles. The quantitative estimate of drug-likeness (QED) is 0.114. The number of amides is 2. The molecule has 0 spiro atoms. The van der Waals surface area contributed by atoms with Gasteiger partial charge in [-0.25, -0.2) is 4.79 Å². The highest BCUT2D eigenvalue weighted by molar-refractivity contribution is 8.00. The molecule has 0 aliphatic rings. The average Bonchev–Trinajstić information content (AvgIpc) is 2.51. The lowest BCUT2D eigenvalue weighted by Gasteiger charge is -2.34. The molecule has 2 amide bonds. The van der Waals surface area contributed by atoms with Crippen LogP contribution in [-0.2, 0) is 14.4 Å². The number of hydrogen-bond acceptors (Lipinski definition) is 6. The molecule has 0 radical (unpaired) electrons. The predicted molar refractivity (Wildman–Crippen MR) is 102 cm³/mol. The van der Waals surface area contributed by atoms with Crippen molar-refractivity contribution in [1.29, 1.82) is 5.41 Å². The number of aliphatic carboxylic acids is 1. The fraction of sp³-hybridized carbons (Fsp3) is 0.733. The molecule has 150 valence electrons. The van der Waals surface area contributed by atoms with E-state index in [2.05, 4.69) is 10.6 Å². The number of guanidine groups is 1. The van der Waals surface area contributed by atoms with Gasteiger partial charge in [0.15, 0.2) is 5.96 Å². The zero-order valence-electron chi connectivity index (χ0n) is 15.7. The van der Waals surface area contributed by atoms with Crippen LogP contribution in [0.2, 0.25) is 0 Å². The molecule has 0 aromatic heterocycles. The van der Waals surface area contributed by atoms with E-state index < -0.39 is 28.7 Å². The topological polar surface area (TPSA) is 175 Å². The number of nitrogens with zero attached hydrogens (tertiary/aromatic N) is 1. The Morgan fingerprint density at radius 1 is 1.31 bits per heavy atom. The Kier molecular flexibility index (Phi) is 10.0. The Hall–Kier alpha value is -2.01. The van der Waals surface area contributed by atoms with Gasteiger partial charge in [0.05, 0.1) is 11.9 Å².